The normalized spacial score (nSPS) is 37.6. The Morgan fingerprint density at radius 2 is 2.00 bits per heavy atom. The van der Waals surface area contributed by atoms with Gasteiger partial charge in [-0.25, -0.2) is 0 Å². The quantitative estimate of drug-likeness (QED) is 0.859. The lowest BCUT2D eigenvalue weighted by Crippen LogP contribution is -2.54. The van der Waals surface area contributed by atoms with Crippen molar-refractivity contribution in [2.45, 2.75) is 57.1 Å². The van der Waals surface area contributed by atoms with Crippen LogP contribution in [-0.4, -0.2) is 49.2 Å². The molecule has 118 valence electrons. The minimum atomic E-state index is 0.188. The third-order valence-corrected chi connectivity index (χ3v) is 5.96. The van der Waals surface area contributed by atoms with Gasteiger partial charge in [0.1, 0.15) is 0 Å². The molecule has 4 aliphatic rings. The highest BCUT2D eigenvalue weighted by Crippen LogP contribution is 2.35. The van der Waals surface area contributed by atoms with Crippen LogP contribution in [0, 0.1) is 17.8 Å². The summed E-state index contributed by atoms with van der Waals surface area (Å²) in [5.41, 5.74) is 0. The van der Waals surface area contributed by atoms with Gasteiger partial charge in [0.25, 0.3) is 0 Å². The fourth-order valence-electron chi connectivity index (χ4n) is 4.25. The van der Waals surface area contributed by atoms with Gasteiger partial charge in [-0.1, -0.05) is 6.42 Å². The van der Waals surface area contributed by atoms with Gasteiger partial charge in [0.05, 0.1) is 6.10 Å². The molecule has 0 bridgehead atoms. The van der Waals surface area contributed by atoms with E-state index in [9.17, 15) is 4.79 Å². The maximum absolute atomic E-state index is 12.5. The van der Waals surface area contributed by atoms with Crippen molar-refractivity contribution in [3.05, 3.63) is 0 Å². The van der Waals surface area contributed by atoms with Crippen molar-refractivity contribution in [2.75, 3.05) is 26.2 Å². The molecule has 4 nitrogen and oxygen atoms in total. The summed E-state index contributed by atoms with van der Waals surface area (Å²) in [6.45, 7) is 4.26. The minimum absolute atomic E-state index is 0.188. The average molecular weight is 292 g/mol. The van der Waals surface area contributed by atoms with Crippen LogP contribution in [-0.2, 0) is 9.53 Å². The second-order valence-electron chi connectivity index (χ2n) is 7.60. The second kappa shape index (κ2) is 5.88. The van der Waals surface area contributed by atoms with Gasteiger partial charge < -0.3 is 15.0 Å². The van der Waals surface area contributed by atoms with Crippen LogP contribution >= 0.6 is 0 Å². The number of nitrogens with one attached hydrogen (secondary N) is 1. The van der Waals surface area contributed by atoms with Crippen LogP contribution in [0.2, 0.25) is 0 Å². The predicted octanol–water partition coefficient (Wildman–Crippen LogP) is 1.79. The number of nitrogens with zero attached hydrogens (tertiary/aromatic N) is 1. The zero-order valence-electron chi connectivity index (χ0n) is 12.9. The van der Waals surface area contributed by atoms with Crippen molar-refractivity contribution in [3.8, 4) is 0 Å². The van der Waals surface area contributed by atoms with Crippen molar-refractivity contribution in [1.82, 2.24) is 10.2 Å². The van der Waals surface area contributed by atoms with E-state index in [1.165, 1.54) is 38.6 Å². The summed E-state index contributed by atoms with van der Waals surface area (Å²) in [4.78, 5) is 15.1. The SMILES string of the molecule is O=C(NC1CC1)[C@@H]1CCO[C@@H]2CCN(CC3CCC3)C[C@@H]21. The topological polar surface area (TPSA) is 41.6 Å². The molecule has 2 aliphatic heterocycles. The summed E-state index contributed by atoms with van der Waals surface area (Å²) in [5.74, 6) is 1.84. The molecule has 0 unspecified atom stereocenters. The summed E-state index contributed by atoms with van der Waals surface area (Å²) >= 11 is 0. The number of carbonyl (C=O) groups is 1. The Hall–Kier alpha value is -0.610. The van der Waals surface area contributed by atoms with Crippen molar-refractivity contribution in [3.63, 3.8) is 0 Å². The molecule has 1 N–H and O–H groups in total. The Kier molecular flexibility index (Phi) is 3.92. The van der Waals surface area contributed by atoms with Crippen LogP contribution < -0.4 is 5.32 Å². The van der Waals surface area contributed by atoms with Crippen LogP contribution in [0.4, 0.5) is 0 Å². The molecule has 2 saturated heterocycles. The largest absolute Gasteiger partial charge is 0.378 e. The van der Waals surface area contributed by atoms with Gasteiger partial charge in [-0.2, -0.15) is 0 Å². The van der Waals surface area contributed by atoms with E-state index in [0.717, 1.165) is 38.5 Å². The third kappa shape index (κ3) is 3.11. The summed E-state index contributed by atoms with van der Waals surface area (Å²) in [6, 6.07) is 0.480. The van der Waals surface area contributed by atoms with E-state index in [1.54, 1.807) is 0 Å². The first kappa shape index (κ1) is 14.0. The lowest BCUT2D eigenvalue weighted by molar-refractivity contribution is -0.142. The zero-order chi connectivity index (χ0) is 14.2. The van der Waals surface area contributed by atoms with Gasteiger partial charge in [-0.15, -0.1) is 0 Å². The molecule has 4 fully saturated rings. The van der Waals surface area contributed by atoms with E-state index < -0.39 is 0 Å². The standard InChI is InChI=1S/C17H28N2O2/c20-17(18-13-4-5-13)14-7-9-21-16-6-8-19(11-15(14)16)10-12-2-1-3-12/h12-16H,1-11H2,(H,18,20)/t14-,15-,16-/m1/s1. The molecule has 21 heavy (non-hydrogen) atoms. The third-order valence-electron chi connectivity index (χ3n) is 5.96. The molecule has 4 rings (SSSR count). The number of piperidine rings is 1. The highest BCUT2D eigenvalue weighted by atomic mass is 16.5. The minimum Gasteiger partial charge on any atom is -0.378 e. The van der Waals surface area contributed by atoms with Crippen molar-refractivity contribution in [1.29, 1.82) is 0 Å². The van der Waals surface area contributed by atoms with E-state index in [4.69, 9.17) is 4.74 Å². The number of amides is 1. The number of hydrogen-bond donors (Lipinski definition) is 1. The van der Waals surface area contributed by atoms with Gasteiger partial charge in [0.2, 0.25) is 5.91 Å². The molecule has 0 radical (unpaired) electrons. The van der Waals surface area contributed by atoms with Crippen LogP contribution in [0.1, 0.15) is 44.9 Å². The maximum Gasteiger partial charge on any atom is 0.223 e. The molecular formula is C17H28N2O2. The summed E-state index contributed by atoms with van der Waals surface area (Å²) in [6.07, 6.45) is 8.95. The molecule has 2 heterocycles. The average Bonchev–Trinajstić information content (AvgIpc) is 3.26. The summed E-state index contributed by atoms with van der Waals surface area (Å²) < 4.78 is 5.97. The zero-order valence-corrected chi connectivity index (χ0v) is 12.9. The molecular weight excluding hydrogens is 264 g/mol. The lowest BCUT2D eigenvalue weighted by Gasteiger charge is -2.46. The first-order valence-electron chi connectivity index (χ1n) is 8.94. The predicted molar refractivity (Wildman–Crippen MR) is 80.9 cm³/mol. The number of likely N-dealkylation sites (tertiary alicyclic amines) is 1. The number of rotatable bonds is 4. The molecule has 0 spiro atoms. The van der Waals surface area contributed by atoms with E-state index in [0.29, 0.717) is 24.0 Å². The number of carbonyl (C=O) groups excluding carboxylic acids is 1. The Balaban J connectivity index is 1.38. The lowest BCUT2D eigenvalue weighted by atomic mass is 9.78. The first-order chi connectivity index (χ1) is 10.3. The van der Waals surface area contributed by atoms with Gasteiger partial charge in [0, 0.05) is 44.1 Å². The Bertz CT molecular complexity index is 392. The molecule has 0 aromatic heterocycles. The Morgan fingerprint density at radius 1 is 1.14 bits per heavy atom. The van der Waals surface area contributed by atoms with Crippen LogP contribution in [0.15, 0.2) is 0 Å². The van der Waals surface area contributed by atoms with Crippen molar-refractivity contribution < 1.29 is 9.53 Å². The van der Waals surface area contributed by atoms with E-state index >= 15 is 0 Å². The van der Waals surface area contributed by atoms with Crippen LogP contribution in [0.5, 0.6) is 0 Å². The van der Waals surface area contributed by atoms with Crippen molar-refractivity contribution in [2.24, 2.45) is 17.8 Å². The number of ether oxygens (including phenoxy) is 1. The van der Waals surface area contributed by atoms with Gasteiger partial charge in [-0.3, -0.25) is 4.79 Å². The van der Waals surface area contributed by atoms with Crippen molar-refractivity contribution >= 4 is 5.91 Å². The molecule has 0 aromatic carbocycles. The molecule has 2 aliphatic carbocycles. The Morgan fingerprint density at radius 3 is 2.71 bits per heavy atom. The molecule has 3 atom stereocenters. The summed E-state index contributed by atoms with van der Waals surface area (Å²) in [5, 5.41) is 3.22. The van der Waals surface area contributed by atoms with Crippen LogP contribution in [0.3, 0.4) is 0 Å². The molecule has 2 saturated carbocycles. The second-order valence-corrected chi connectivity index (χ2v) is 7.60. The molecule has 0 aromatic rings. The highest BCUT2D eigenvalue weighted by molar-refractivity contribution is 5.79. The fourth-order valence-corrected chi connectivity index (χ4v) is 4.25. The summed E-state index contributed by atoms with van der Waals surface area (Å²) in [7, 11) is 0. The van der Waals surface area contributed by atoms with Gasteiger partial charge in [-0.05, 0) is 44.4 Å². The molecule has 1 amide bonds. The van der Waals surface area contributed by atoms with Gasteiger partial charge >= 0.3 is 0 Å². The highest BCUT2D eigenvalue weighted by Gasteiger charge is 2.43. The monoisotopic (exact) mass is 292 g/mol. The smallest absolute Gasteiger partial charge is 0.223 e. The number of fused-ring (bicyclic) bond motifs is 1. The number of hydrogen-bond acceptors (Lipinski definition) is 3. The van der Waals surface area contributed by atoms with E-state index in [1.807, 2.05) is 0 Å². The van der Waals surface area contributed by atoms with E-state index in [2.05, 4.69) is 10.2 Å². The van der Waals surface area contributed by atoms with E-state index in [-0.39, 0.29) is 5.92 Å². The maximum atomic E-state index is 12.5. The molecule has 4 heteroatoms. The Labute approximate surface area is 127 Å². The fraction of sp³-hybridized carbons (Fsp3) is 0.941. The first-order valence-corrected chi connectivity index (χ1v) is 8.94. The van der Waals surface area contributed by atoms with Gasteiger partial charge in [0.15, 0.2) is 0 Å². The van der Waals surface area contributed by atoms with Crippen LogP contribution in [0.25, 0.3) is 0 Å².